The smallest absolute Gasteiger partial charge is 0.323 e. The van der Waals surface area contributed by atoms with Crippen LogP contribution in [0.3, 0.4) is 0 Å². The van der Waals surface area contributed by atoms with E-state index in [0.29, 0.717) is 11.3 Å². The van der Waals surface area contributed by atoms with Crippen LogP contribution in [0.15, 0.2) is 24.3 Å². The molecule has 0 radical (unpaired) electrons. The predicted molar refractivity (Wildman–Crippen MR) is 97.1 cm³/mol. The molecule has 2 atom stereocenters. The Kier molecular flexibility index (Phi) is 9.29. The molecule has 8 heteroatoms. The van der Waals surface area contributed by atoms with E-state index in [0.717, 1.165) is 0 Å². The third-order valence-electron chi connectivity index (χ3n) is 3.89. The van der Waals surface area contributed by atoms with Gasteiger partial charge < -0.3 is 24.7 Å². The molecule has 1 aromatic rings. The van der Waals surface area contributed by atoms with Crippen LogP contribution in [0, 0.1) is 5.92 Å². The lowest BCUT2D eigenvalue weighted by molar-refractivity contribution is -0.163. The van der Waals surface area contributed by atoms with E-state index in [1.54, 1.807) is 45.0 Å². The van der Waals surface area contributed by atoms with Crippen LogP contribution >= 0.6 is 0 Å². The highest BCUT2D eigenvalue weighted by Gasteiger charge is 2.44. The molecule has 0 fully saturated rings. The topological polar surface area (TPSA) is 114 Å². The average molecular weight is 381 g/mol. The van der Waals surface area contributed by atoms with Gasteiger partial charge in [-0.05, 0) is 38.5 Å². The fourth-order valence-electron chi connectivity index (χ4n) is 2.67. The van der Waals surface area contributed by atoms with Crippen LogP contribution in [-0.4, -0.2) is 50.9 Å². The number of nitrogens with two attached hydrogens (primary N) is 1. The number of methoxy groups -OCH3 is 1. The quantitative estimate of drug-likeness (QED) is 0.368. The first-order chi connectivity index (χ1) is 12.9. The number of carbonyl (C=O) groups is 3. The summed E-state index contributed by atoms with van der Waals surface area (Å²) in [6.45, 7) is 5.13. The molecule has 8 nitrogen and oxygen atoms in total. The number of hydrogen-bond donors (Lipinski definition) is 1. The van der Waals surface area contributed by atoms with Crippen LogP contribution in [0.1, 0.15) is 32.3 Å². The minimum atomic E-state index is -1.40. The van der Waals surface area contributed by atoms with Crippen LogP contribution in [0.2, 0.25) is 0 Å². The minimum absolute atomic E-state index is 0.0682. The molecule has 150 valence electrons. The fourth-order valence-corrected chi connectivity index (χ4v) is 2.67. The molecule has 0 spiro atoms. The molecular weight excluding hydrogens is 354 g/mol. The number of hydrogen-bond acceptors (Lipinski definition) is 8. The van der Waals surface area contributed by atoms with Gasteiger partial charge in [0.05, 0.1) is 26.9 Å². The van der Waals surface area contributed by atoms with E-state index in [1.165, 1.54) is 7.11 Å². The van der Waals surface area contributed by atoms with Gasteiger partial charge in [-0.2, -0.15) is 0 Å². The first-order valence-electron chi connectivity index (χ1n) is 8.80. The first kappa shape index (κ1) is 22.4. The van der Waals surface area contributed by atoms with Crippen molar-refractivity contribution in [3.63, 3.8) is 0 Å². The summed E-state index contributed by atoms with van der Waals surface area (Å²) in [6, 6.07) is 5.29. The molecule has 0 bridgehead atoms. The average Bonchev–Trinajstić information content (AvgIpc) is 2.66. The third-order valence-corrected chi connectivity index (χ3v) is 3.89. The molecule has 0 saturated heterocycles. The van der Waals surface area contributed by atoms with Gasteiger partial charge in [-0.15, -0.1) is 0 Å². The van der Waals surface area contributed by atoms with E-state index in [9.17, 15) is 14.4 Å². The van der Waals surface area contributed by atoms with Gasteiger partial charge in [0.15, 0.2) is 5.92 Å². The maximum Gasteiger partial charge on any atom is 0.323 e. The zero-order valence-corrected chi connectivity index (χ0v) is 16.1. The van der Waals surface area contributed by atoms with Crippen molar-refractivity contribution in [3.05, 3.63) is 29.8 Å². The highest BCUT2D eigenvalue weighted by Crippen LogP contribution is 2.32. The van der Waals surface area contributed by atoms with Crippen LogP contribution in [0.25, 0.3) is 0 Å². The molecule has 0 aliphatic carbocycles. The fraction of sp³-hybridized carbons (Fsp3) is 0.526. The maximum absolute atomic E-state index is 12.5. The zero-order chi connectivity index (χ0) is 20.4. The van der Waals surface area contributed by atoms with Crippen molar-refractivity contribution in [3.8, 4) is 5.75 Å². The highest BCUT2D eigenvalue weighted by atomic mass is 16.6. The zero-order valence-electron chi connectivity index (χ0n) is 16.1. The van der Waals surface area contributed by atoms with Gasteiger partial charge in [-0.3, -0.25) is 14.4 Å². The van der Waals surface area contributed by atoms with Gasteiger partial charge >= 0.3 is 17.9 Å². The Morgan fingerprint density at radius 1 is 0.852 bits per heavy atom. The highest BCUT2D eigenvalue weighted by molar-refractivity contribution is 5.97. The number of benzene rings is 1. The largest absolute Gasteiger partial charge is 0.497 e. The molecule has 0 heterocycles. The molecule has 2 N–H and O–H groups in total. The van der Waals surface area contributed by atoms with E-state index in [1.807, 2.05) is 0 Å². The van der Waals surface area contributed by atoms with Crippen molar-refractivity contribution < 1.29 is 33.3 Å². The molecule has 0 aliphatic rings. The van der Waals surface area contributed by atoms with E-state index in [2.05, 4.69) is 0 Å². The SMILES string of the molecule is CCOC(=O)C(N)C(c1ccc(OC)cc1)C(C(=O)OCC)C(=O)OCC. The summed E-state index contributed by atoms with van der Waals surface area (Å²) < 4.78 is 20.2. The molecule has 27 heavy (non-hydrogen) atoms. The molecule has 1 aromatic carbocycles. The van der Waals surface area contributed by atoms with Gasteiger partial charge in [-0.25, -0.2) is 0 Å². The van der Waals surface area contributed by atoms with Gasteiger partial charge in [0.1, 0.15) is 11.8 Å². The molecule has 1 rings (SSSR count). The lowest BCUT2D eigenvalue weighted by atomic mass is 9.80. The Morgan fingerprint density at radius 2 is 1.30 bits per heavy atom. The lowest BCUT2D eigenvalue weighted by Crippen LogP contribution is -2.46. The number of rotatable bonds is 10. The molecule has 2 unspecified atom stereocenters. The third kappa shape index (κ3) is 5.96. The van der Waals surface area contributed by atoms with Gasteiger partial charge in [0, 0.05) is 5.92 Å². The number of ether oxygens (including phenoxy) is 4. The summed E-state index contributed by atoms with van der Waals surface area (Å²) in [5.41, 5.74) is 6.59. The first-order valence-corrected chi connectivity index (χ1v) is 8.80. The monoisotopic (exact) mass is 381 g/mol. The Hall–Kier alpha value is -2.61. The van der Waals surface area contributed by atoms with Gasteiger partial charge in [0.2, 0.25) is 0 Å². The number of esters is 3. The molecule has 0 amide bonds. The van der Waals surface area contributed by atoms with E-state index >= 15 is 0 Å². The minimum Gasteiger partial charge on any atom is -0.497 e. The van der Waals surface area contributed by atoms with Crippen molar-refractivity contribution >= 4 is 17.9 Å². The van der Waals surface area contributed by atoms with Crippen molar-refractivity contribution in [2.45, 2.75) is 32.7 Å². The number of carbonyl (C=O) groups excluding carboxylic acids is 3. The maximum atomic E-state index is 12.5. The second-order valence-electron chi connectivity index (χ2n) is 5.56. The van der Waals surface area contributed by atoms with Crippen LogP contribution in [-0.2, 0) is 28.6 Å². The molecular formula is C19H27NO7. The Morgan fingerprint density at radius 3 is 1.70 bits per heavy atom. The molecule has 0 aliphatic heterocycles. The molecule has 0 saturated carbocycles. The van der Waals surface area contributed by atoms with Crippen molar-refractivity contribution in [1.82, 2.24) is 0 Å². The summed E-state index contributed by atoms with van der Waals surface area (Å²) in [7, 11) is 1.51. The van der Waals surface area contributed by atoms with E-state index in [4.69, 9.17) is 24.7 Å². The Bertz CT molecular complexity index is 611. The second-order valence-corrected chi connectivity index (χ2v) is 5.56. The van der Waals surface area contributed by atoms with Gasteiger partial charge in [0.25, 0.3) is 0 Å². The van der Waals surface area contributed by atoms with E-state index in [-0.39, 0.29) is 19.8 Å². The van der Waals surface area contributed by atoms with Crippen molar-refractivity contribution in [2.24, 2.45) is 11.7 Å². The second kappa shape index (κ2) is 11.2. The van der Waals surface area contributed by atoms with Crippen molar-refractivity contribution in [2.75, 3.05) is 26.9 Å². The Balaban J connectivity index is 3.41. The van der Waals surface area contributed by atoms with Crippen LogP contribution < -0.4 is 10.5 Å². The summed E-state index contributed by atoms with van der Waals surface area (Å²) in [5.74, 6) is -4.19. The lowest BCUT2D eigenvalue weighted by Gasteiger charge is -2.28. The predicted octanol–water partition coefficient (Wildman–Crippen LogP) is 1.41. The summed E-state index contributed by atoms with van der Waals surface area (Å²) in [5, 5.41) is 0. The van der Waals surface area contributed by atoms with Gasteiger partial charge in [-0.1, -0.05) is 12.1 Å². The standard InChI is InChI=1S/C19H27NO7/c1-5-25-17(21)15(18(22)26-6-2)14(16(20)19(23)27-7-3)12-8-10-13(24-4)11-9-12/h8-11,14-16H,5-7,20H2,1-4H3. The molecule has 0 aromatic heterocycles. The van der Waals surface area contributed by atoms with Crippen molar-refractivity contribution in [1.29, 1.82) is 0 Å². The Labute approximate surface area is 158 Å². The van der Waals surface area contributed by atoms with Crippen LogP contribution in [0.4, 0.5) is 0 Å². The summed E-state index contributed by atoms with van der Waals surface area (Å²) in [4.78, 5) is 37.3. The van der Waals surface area contributed by atoms with Crippen LogP contribution in [0.5, 0.6) is 5.75 Å². The summed E-state index contributed by atoms with van der Waals surface area (Å²) >= 11 is 0. The normalized spacial score (nSPS) is 12.8. The van der Waals surface area contributed by atoms with E-state index < -0.39 is 35.8 Å². The summed E-state index contributed by atoms with van der Waals surface area (Å²) in [6.07, 6.45) is 0.